The molecule has 0 aromatic rings. The number of carbonyl (C=O) groups excluding carboxylic acids is 1. The Bertz CT molecular complexity index is 278. The largest absolute Gasteiger partial charge is 0.461 e. The van der Waals surface area contributed by atoms with Crippen LogP contribution in [0.1, 0.15) is 40.5 Å². The van der Waals surface area contributed by atoms with E-state index in [0.717, 1.165) is 0 Å². The van der Waals surface area contributed by atoms with Crippen molar-refractivity contribution in [2.45, 2.75) is 52.0 Å². The number of aliphatic hydroxyl groups is 1. The van der Waals surface area contributed by atoms with E-state index >= 15 is 0 Å². The minimum absolute atomic E-state index is 0.0251. The number of hydrogen-bond acceptors (Lipinski definition) is 3. The van der Waals surface area contributed by atoms with Crippen molar-refractivity contribution in [3.63, 3.8) is 0 Å². The molecule has 0 radical (unpaired) electrons. The molecule has 0 aromatic heterocycles. The van der Waals surface area contributed by atoms with Gasteiger partial charge in [-0.05, 0) is 30.6 Å². The Morgan fingerprint density at radius 1 is 1.39 bits per heavy atom. The summed E-state index contributed by atoms with van der Waals surface area (Å²) in [6.45, 7) is 8.34. The molecule has 0 aromatic carbocycles. The number of cyclic esters (lactones) is 1. The monoisotopic (exact) mass is 276 g/mol. The van der Waals surface area contributed by atoms with E-state index in [-0.39, 0.29) is 35.9 Å². The molecule has 1 aliphatic rings. The van der Waals surface area contributed by atoms with E-state index in [2.05, 4.69) is 13.8 Å². The lowest BCUT2D eigenvalue weighted by atomic mass is 9.87. The minimum atomic E-state index is -0.197. The van der Waals surface area contributed by atoms with Crippen molar-refractivity contribution in [2.75, 3.05) is 6.61 Å². The van der Waals surface area contributed by atoms with Crippen LogP contribution in [0.2, 0.25) is 0 Å². The van der Waals surface area contributed by atoms with Crippen molar-refractivity contribution in [3.05, 3.63) is 0 Å². The standard InChI is InChI=1S/C14H25ClO3/c1-8(2)10(7-16)5-12(15)13-6-11(9(3)4)14(17)18-13/h8-13,16H,5-7H2,1-4H3/t10-,11+,12+,13+/m1/s1. The van der Waals surface area contributed by atoms with E-state index in [1.165, 1.54) is 0 Å². The number of halogens is 1. The SMILES string of the molecule is CC(C)[C@@H](CO)C[C@H](Cl)[C@@H]1C[C@@H](C(C)C)C(=O)O1. The zero-order chi connectivity index (χ0) is 13.9. The Kier molecular flexibility index (Phi) is 5.93. The van der Waals surface area contributed by atoms with Crippen molar-refractivity contribution in [1.82, 2.24) is 0 Å². The van der Waals surface area contributed by atoms with Crippen LogP contribution >= 0.6 is 11.6 Å². The molecule has 0 spiro atoms. The summed E-state index contributed by atoms with van der Waals surface area (Å²) in [4.78, 5) is 11.7. The zero-order valence-electron chi connectivity index (χ0n) is 11.7. The average Bonchev–Trinajstić information content (AvgIpc) is 2.67. The highest BCUT2D eigenvalue weighted by molar-refractivity contribution is 6.21. The van der Waals surface area contributed by atoms with E-state index in [1.807, 2.05) is 13.8 Å². The summed E-state index contributed by atoms with van der Waals surface area (Å²) in [6, 6.07) is 0. The van der Waals surface area contributed by atoms with Crippen LogP contribution in [0.15, 0.2) is 0 Å². The normalized spacial score (nSPS) is 27.7. The predicted molar refractivity (Wildman–Crippen MR) is 72.5 cm³/mol. The summed E-state index contributed by atoms with van der Waals surface area (Å²) in [5, 5.41) is 9.12. The van der Waals surface area contributed by atoms with Crippen molar-refractivity contribution >= 4 is 17.6 Å². The lowest BCUT2D eigenvalue weighted by Crippen LogP contribution is -2.27. The van der Waals surface area contributed by atoms with Gasteiger partial charge in [-0.2, -0.15) is 0 Å². The first-order valence-electron chi connectivity index (χ1n) is 6.82. The molecule has 1 rings (SSSR count). The Balaban J connectivity index is 2.53. The van der Waals surface area contributed by atoms with Gasteiger partial charge in [0.05, 0.1) is 11.3 Å². The van der Waals surface area contributed by atoms with Crippen LogP contribution in [-0.4, -0.2) is 29.2 Å². The van der Waals surface area contributed by atoms with Gasteiger partial charge in [-0.3, -0.25) is 4.79 Å². The molecule has 3 nitrogen and oxygen atoms in total. The second-order valence-electron chi connectivity index (χ2n) is 6.00. The molecule has 106 valence electrons. The summed E-state index contributed by atoms with van der Waals surface area (Å²) in [6.07, 6.45) is 1.21. The molecule has 18 heavy (non-hydrogen) atoms. The van der Waals surface area contributed by atoms with E-state index < -0.39 is 0 Å². The number of aliphatic hydroxyl groups excluding tert-OH is 1. The molecule has 0 amide bonds. The molecule has 0 bridgehead atoms. The van der Waals surface area contributed by atoms with Crippen LogP contribution in [0, 0.1) is 23.7 Å². The third-order valence-corrected chi connectivity index (χ3v) is 4.43. The molecule has 1 aliphatic heterocycles. The smallest absolute Gasteiger partial charge is 0.309 e. The van der Waals surface area contributed by atoms with Crippen LogP contribution in [0.25, 0.3) is 0 Å². The van der Waals surface area contributed by atoms with Gasteiger partial charge in [0.2, 0.25) is 0 Å². The highest BCUT2D eigenvalue weighted by Gasteiger charge is 2.40. The minimum Gasteiger partial charge on any atom is -0.461 e. The summed E-state index contributed by atoms with van der Waals surface area (Å²) >= 11 is 6.35. The number of hydrogen-bond donors (Lipinski definition) is 1. The van der Waals surface area contributed by atoms with Crippen LogP contribution < -0.4 is 0 Å². The van der Waals surface area contributed by atoms with E-state index in [1.54, 1.807) is 0 Å². The number of esters is 1. The van der Waals surface area contributed by atoms with Gasteiger partial charge in [0.25, 0.3) is 0 Å². The average molecular weight is 277 g/mol. The van der Waals surface area contributed by atoms with E-state index in [9.17, 15) is 9.90 Å². The van der Waals surface area contributed by atoms with Gasteiger partial charge in [-0.25, -0.2) is 0 Å². The predicted octanol–water partition coefficient (Wildman–Crippen LogP) is 2.84. The fourth-order valence-corrected chi connectivity index (χ4v) is 2.78. The van der Waals surface area contributed by atoms with Gasteiger partial charge in [0.1, 0.15) is 6.10 Å². The molecule has 1 heterocycles. The lowest BCUT2D eigenvalue weighted by molar-refractivity contribution is -0.145. The zero-order valence-corrected chi connectivity index (χ0v) is 12.5. The molecular formula is C14H25ClO3. The maximum absolute atomic E-state index is 11.7. The van der Waals surface area contributed by atoms with Gasteiger partial charge in [-0.1, -0.05) is 27.7 Å². The topological polar surface area (TPSA) is 46.5 Å². The summed E-state index contributed by atoms with van der Waals surface area (Å²) in [7, 11) is 0. The first-order chi connectivity index (χ1) is 8.36. The highest BCUT2D eigenvalue weighted by Crippen LogP contribution is 2.33. The lowest BCUT2D eigenvalue weighted by Gasteiger charge is -2.24. The molecular weight excluding hydrogens is 252 g/mol. The van der Waals surface area contributed by atoms with Crippen LogP contribution in [-0.2, 0) is 9.53 Å². The van der Waals surface area contributed by atoms with Gasteiger partial charge < -0.3 is 9.84 Å². The highest BCUT2D eigenvalue weighted by atomic mass is 35.5. The third-order valence-electron chi connectivity index (χ3n) is 3.97. The van der Waals surface area contributed by atoms with E-state index in [4.69, 9.17) is 16.3 Å². The van der Waals surface area contributed by atoms with E-state index in [0.29, 0.717) is 24.7 Å². The van der Waals surface area contributed by atoms with Crippen molar-refractivity contribution in [2.24, 2.45) is 23.7 Å². The fraction of sp³-hybridized carbons (Fsp3) is 0.929. The third kappa shape index (κ3) is 3.86. The second-order valence-corrected chi connectivity index (χ2v) is 6.56. The number of alkyl halides is 1. The quantitative estimate of drug-likeness (QED) is 0.599. The van der Waals surface area contributed by atoms with Gasteiger partial charge >= 0.3 is 5.97 Å². The Labute approximate surface area is 115 Å². The summed E-state index contributed by atoms with van der Waals surface area (Å²) in [5.74, 6) is 0.706. The Hall–Kier alpha value is -0.280. The molecule has 1 saturated heterocycles. The van der Waals surface area contributed by atoms with Gasteiger partial charge in [0.15, 0.2) is 0 Å². The van der Waals surface area contributed by atoms with Crippen molar-refractivity contribution in [3.8, 4) is 0 Å². The fourth-order valence-electron chi connectivity index (χ4n) is 2.40. The Morgan fingerprint density at radius 2 is 2.00 bits per heavy atom. The first kappa shape index (κ1) is 15.8. The molecule has 4 atom stereocenters. The molecule has 4 heteroatoms. The number of ether oxygens (including phenoxy) is 1. The molecule has 0 unspecified atom stereocenters. The maximum atomic E-state index is 11.7. The molecule has 1 N–H and O–H groups in total. The summed E-state index contributed by atoms with van der Waals surface area (Å²) < 4.78 is 5.37. The van der Waals surface area contributed by atoms with Gasteiger partial charge in [0, 0.05) is 6.61 Å². The molecule has 0 saturated carbocycles. The molecule has 0 aliphatic carbocycles. The molecule has 1 fully saturated rings. The summed E-state index contributed by atoms with van der Waals surface area (Å²) in [5.41, 5.74) is 0. The van der Waals surface area contributed by atoms with Gasteiger partial charge in [-0.15, -0.1) is 11.6 Å². The Morgan fingerprint density at radius 3 is 2.39 bits per heavy atom. The second kappa shape index (κ2) is 6.76. The number of carbonyl (C=O) groups is 1. The van der Waals surface area contributed by atoms with Crippen LogP contribution in [0.3, 0.4) is 0 Å². The maximum Gasteiger partial charge on any atom is 0.309 e. The number of rotatable bonds is 6. The van der Waals surface area contributed by atoms with Crippen LogP contribution in [0.4, 0.5) is 0 Å². The first-order valence-corrected chi connectivity index (χ1v) is 7.25. The van der Waals surface area contributed by atoms with Crippen molar-refractivity contribution in [1.29, 1.82) is 0 Å². The van der Waals surface area contributed by atoms with Crippen molar-refractivity contribution < 1.29 is 14.6 Å². The van der Waals surface area contributed by atoms with Crippen LogP contribution in [0.5, 0.6) is 0 Å².